The lowest BCUT2D eigenvalue weighted by Gasteiger charge is -2.22. The van der Waals surface area contributed by atoms with Crippen molar-refractivity contribution < 1.29 is 9.47 Å². The van der Waals surface area contributed by atoms with Crippen LogP contribution < -0.4 is 11.1 Å². The number of rotatable bonds is 8. The Labute approximate surface area is 80.8 Å². The summed E-state index contributed by atoms with van der Waals surface area (Å²) in [5.74, 6) is 0. The number of ether oxygens (including phenoxy) is 2. The highest BCUT2D eigenvalue weighted by atomic mass is 16.7. The minimum atomic E-state index is -0.169. The van der Waals surface area contributed by atoms with Crippen LogP contribution >= 0.6 is 0 Å². The van der Waals surface area contributed by atoms with Crippen LogP contribution in [-0.4, -0.2) is 39.6 Å². The third-order valence-corrected chi connectivity index (χ3v) is 1.97. The van der Waals surface area contributed by atoms with Gasteiger partial charge in [0.25, 0.3) is 0 Å². The number of hydrogen-bond acceptors (Lipinski definition) is 4. The van der Waals surface area contributed by atoms with Gasteiger partial charge in [0.1, 0.15) is 0 Å². The quantitative estimate of drug-likeness (QED) is 0.427. The summed E-state index contributed by atoms with van der Waals surface area (Å²) in [6.07, 6.45) is 1.99. The zero-order valence-corrected chi connectivity index (χ0v) is 8.88. The molecule has 0 saturated heterocycles. The Kier molecular flexibility index (Phi) is 8.33. The van der Waals surface area contributed by atoms with Gasteiger partial charge in [-0.3, -0.25) is 0 Å². The SMILES string of the molecule is COC(OC)C(C)NCCCCN. The second kappa shape index (κ2) is 8.44. The molecule has 13 heavy (non-hydrogen) atoms. The van der Waals surface area contributed by atoms with Gasteiger partial charge in [-0.1, -0.05) is 0 Å². The summed E-state index contributed by atoms with van der Waals surface area (Å²) in [7, 11) is 3.29. The van der Waals surface area contributed by atoms with Gasteiger partial charge in [0.15, 0.2) is 6.29 Å². The Morgan fingerprint density at radius 3 is 2.31 bits per heavy atom. The van der Waals surface area contributed by atoms with Crippen LogP contribution in [0.15, 0.2) is 0 Å². The lowest BCUT2D eigenvalue weighted by Crippen LogP contribution is -2.40. The van der Waals surface area contributed by atoms with Crippen molar-refractivity contribution >= 4 is 0 Å². The van der Waals surface area contributed by atoms with Gasteiger partial charge >= 0.3 is 0 Å². The monoisotopic (exact) mass is 190 g/mol. The first-order valence-electron chi connectivity index (χ1n) is 4.75. The molecule has 0 aliphatic carbocycles. The molecular weight excluding hydrogens is 168 g/mol. The molecule has 0 rings (SSSR count). The van der Waals surface area contributed by atoms with E-state index in [1.165, 1.54) is 0 Å². The smallest absolute Gasteiger partial charge is 0.171 e. The lowest BCUT2D eigenvalue weighted by atomic mass is 10.2. The molecule has 0 bridgehead atoms. The van der Waals surface area contributed by atoms with E-state index in [9.17, 15) is 0 Å². The Bertz CT molecular complexity index is 108. The van der Waals surface area contributed by atoms with E-state index in [4.69, 9.17) is 15.2 Å². The molecule has 0 heterocycles. The first-order valence-corrected chi connectivity index (χ1v) is 4.75. The first kappa shape index (κ1) is 12.8. The van der Waals surface area contributed by atoms with Crippen molar-refractivity contribution in [3.63, 3.8) is 0 Å². The molecule has 4 heteroatoms. The molecule has 0 aliphatic heterocycles. The fraction of sp³-hybridized carbons (Fsp3) is 1.00. The van der Waals surface area contributed by atoms with Crippen molar-refractivity contribution in [2.45, 2.75) is 32.1 Å². The Morgan fingerprint density at radius 2 is 1.85 bits per heavy atom. The van der Waals surface area contributed by atoms with E-state index in [-0.39, 0.29) is 12.3 Å². The van der Waals surface area contributed by atoms with Crippen LogP contribution in [0.3, 0.4) is 0 Å². The molecule has 0 spiro atoms. The minimum absolute atomic E-state index is 0.169. The lowest BCUT2D eigenvalue weighted by molar-refractivity contribution is -0.119. The molecule has 0 aromatic rings. The van der Waals surface area contributed by atoms with Gasteiger partial charge in [-0.05, 0) is 32.9 Å². The molecule has 3 N–H and O–H groups in total. The maximum absolute atomic E-state index is 5.38. The van der Waals surface area contributed by atoms with Gasteiger partial charge in [0.2, 0.25) is 0 Å². The fourth-order valence-corrected chi connectivity index (χ4v) is 1.20. The number of unbranched alkanes of at least 4 members (excludes halogenated alkanes) is 1. The second-order valence-electron chi connectivity index (χ2n) is 3.08. The van der Waals surface area contributed by atoms with Gasteiger partial charge in [0.05, 0.1) is 6.04 Å². The van der Waals surface area contributed by atoms with Crippen molar-refractivity contribution in [1.82, 2.24) is 5.32 Å². The summed E-state index contributed by atoms with van der Waals surface area (Å²) in [4.78, 5) is 0. The summed E-state index contributed by atoms with van der Waals surface area (Å²) in [6, 6.07) is 0.216. The number of nitrogens with two attached hydrogens (primary N) is 1. The molecule has 0 fully saturated rings. The highest BCUT2D eigenvalue weighted by molar-refractivity contribution is 4.64. The van der Waals surface area contributed by atoms with Crippen LogP contribution in [-0.2, 0) is 9.47 Å². The normalized spacial score (nSPS) is 13.6. The largest absolute Gasteiger partial charge is 0.354 e. The zero-order valence-electron chi connectivity index (χ0n) is 8.88. The Balaban J connectivity index is 3.42. The first-order chi connectivity index (χ1) is 6.26. The molecule has 1 atom stereocenters. The molecule has 1 unspecified atom stereocenters. The van der Waals surface area contributed by atoms with Crippen molar-refractivity contribution in [3.8, 4) is 0 Å². The molecule has 80 valence electrons. The molecule has 4 nitrogen and oxygen atoms in total. The predicted octanol–water partition coefficient (Wildman–Crippen LogP) is 0.322. The maximum Gasteiger partial charge on any atom is 0.171 e. The average Bonchev–Trinajstić information content (AvgIpc) is 2.14. The maximum atomic E-state index is 5.38. The van der Waals surface area contributed by atoms with Crippen molar-refractivity contribution in [1.29, 1.82) is 0 Å². The van der Waals surface area contributed by atoms with Crippen LogP contribution in [0.4, 0.5) is 0 Å². The van der Waals surface area contributed by atoms with E-state index in [0.717, 1.165) is 25.9 Å². The van der Waals surface area contributed by atoms with Crippen LogP contribution in [0.2, 0.25) is 0 Å². The molecule has 0 saturated carbocycles. The standard InChI is InChI=1S/C9H22N2O2/c1-8(9(12-2)13-3)11-7-5-4-6-10/h8-9,11H,4-7,10H2,1-3H3. The molecule has 0 aliphatic rings. The highest BCUT2D eigenvalue weighted by Crippen LogP contribution is 1.98. The summed E-state index contributed by atoms with van der Waals surface area (Å²) in [5.41, 5.74) is 5.38. The average molecular weight is 190 g/mol. The van der Waals surface area contributed by atoms with Gasteiger partial charge < -0.3 is 20.5 Å². The van der Waals surface area contributed by atoms with Gasteiger partial charge in [-0.2, -0.15) is 0 Å². The van der Waals surface area contributed by atoms with Crippen LogP contribution in [0.5, 0.6) is 0 Å². The van der Waals surface area contributed by atoms with Crippen LogP contribution in [0, 0.1) is 0 Å². The molecule has 0 aromatic heterocycles. The number of methoxy groups -OCH3 is 2. The molecule has 0 aromatic carbocycles. The number of nitrogens with one attached hydrogen (secondary N) is 1. The Morgan fingerprint density at radius 1 is 1.23 bits per heavy atom. The third kappa shape index (κ3) is 5.99. The van der Waals surface area contributed by atoms with E-state index in [1.54, 1.807) is 14.2 Å². The summed E-state index contributed by atoms with van der Waals surface area (Å²) in [5, 5.41) is 3.31. The zero-order chi connectivity index (χ0) is 10.1. The summed E-state index contributed by atoms with van der Waals surface area (Å²) in [6.45, 7) is 3.76. The highest BCUT2D eigenvalue weighted by Gasteiger charge is 2.13. The molecule has 0 amide bonds. The van der Waals surface area contributed by atoms with Gasteiger partial charge in [-0.25, -0.2) is 0 Å². The second-order valence-corrected chi connectivity index (χ2v) is 3.08. The molecular formula is C9H22N2O2. The van der Waals surface area contributed by atoms with Crippen molar-refractivity contribution in [2.75, 3.05) is 27.3 Å². The van der Waals surface area contributed by atoms with Crippen LogP contribution in [0.1, 0.15) is 19.8 Å². The fourth-order valence-electron chi connectivity index (χ4n) is 1.20. The summed E-state index contributed by atoms with van der Waals surface area (Å²) < 4.78 is 10.2. The third-order valence-electron chi connectivity index (χ3n) is 1.97. The van der Waals surface area contributed by atoms with Crippen LogP contribution in [0.25, 0.3) is 0 Å². The summed E-state index contributed by atoms with van der Waals surface area (Å²) >= 11 is 0. The van der Waals surface area contributed by atoms with E-state index in [0.29, 0.717) is 0 Å². The van der Waals surface area contributed by atoms with E-state index < -0.39 is 0 Å². The van der Waals surface area contributed by atoms with Gasteiger partial charge in [0, 0.05) is 14.2 Å². The van der Waals surface area contributed by atoms with E-state index in [2.05, 4.69) is 5.32 Å². The van der Waals surface area contributed by atoms with E-state index in [1.807, 2.05) is 6.92 Å². The Hall–Kier alpha value is -0.160. The van der Waals surface area contributed by atoms with Crippen molar-refractivity contribution in [3.05, 3.63) is 0 Å². The van der Waals surface area contributed by atoms with E-state index >= 15 is 0 Å². The number of hydrogen-bond donors (Lipinski definition) is 2. The molecule has 0 radical (unpaired) electrons. The minimum Gasteiger partial charge on any atom is -0.354 e. The van der Waals surface area contributed by atoms with Crippen molar-refractivity contribution in [2.24, 2.45) is 5.73 Å². The topological polar surface area (TPSA) is 56.5 Å². The van der Waals surface area contributed by atoms with Gasteiger partial charge in [-0.15, -0.1) is 0 Å². The predicted molar refractivity (Wildman–Crippen MR) is 53.6 cm³/mol.